The van der Waals surface area contributed by atoms with Crippen LogP contribution < -0.4 is 10.9 Å². The van der Waals surface area contributed by atoms with E-state index in [4.69, 9.17) is 0 Å². The van der Waals surface area contributed by atoms with Crippen LogP contribution in [0.25, 0.3) is 0 Å². The van der Waals surface area contributed by atoms with Crippen molar-refractivity contribution in [1.82, 2.24) is 15.8 Å². The van der Waals surface area contributed by atoms with E-state index in [9.17, 15) is 9.59 Å². The van der Waals surface area contributed by atoms with E-state index < -0.39 is 0 Å². The van der Waals surface area contributed by atoms with Crippen molar-refractivity contribution in [2.45, 2.75) is 44.2 Å². The smallest absolute Gasteiger partial charge is 0.222 e. The van der Waals surface area contributed by atoms with Crippen LogP contribution in [0.3, 0.4) is 0 Å². The first kappa shape index (κ1) is 21.7. The Hall–Kier alpha value is -2.02. The fourth-order valence-corrected chi connectivity index (χ4v) is 3.87. The predicted octanol–water partition coefficient (Wildman–Crippen LogP) is 4.26. The van der Waals surface area contributed by atoms with Crippen LogP contribution in [0, 0.1) is 0 Å². The summed E-state index contributed by atoms with van der Waals surface area (Å²) in [5, 5.41) is 0. The number of Topliss-reactive ketones (excluding diaryl/α,β-unsaturated/α-hetero) is 1. The lowest BCUT2D eigenvalue weighted by atomic mass is 10.00. The minimum absolute atomic E-state index is 0.00688. The Morgan fingerprint density at radius 2 is 1.76 bits per heavy atom. The Balaban J connectivity index is 1.34. The second kappa shape index (κ2) is 10.7. The quantitative estimate of drug-likeness (QED) is 0.552. The van der Waals surface area contributed by atoms with Crippen LogP contribution in [-0.2, 0) is 4.79 Å². The number of hydrazine groups is 1. The number of amides is 1. The third-order valence-corrected chi connectivity index (χ3v) is 5.92. The van der Waals surface area contributed by atoms with Crippen molar-refractivity contribution < 1.29 is 9.59 Å². The lowest BCUT2D eigenvalue weighted by molar-refractivity contribution is -0.129. The maximum atomic E-state index is 12.3. The summed E-state index contributed by atoms with van der Waals surface area (Å²) < 4.78 is 0.937. The first-order valence-electron chi connectivity index (χ1n) is 10.1. The van der Waals surface area contributed by atoms with Crippen LogP contribution in [0.4, 0.5) is 0 Å². The van der Waals surface area contributed by atoms with Crippen molar-refractivity contribution in [2.75, 3.05) is 13.6 Å². The summed E-state index contributed by atoms with van der Waals surface area (Å²) in [6.07, 6.45) is 3.49. The molecule has 2 atom stereocenters. The Kier molecular flexibility index (Phi) is 7.98. The SMILES string of the molecule is CN(CCCC1CC(c2ccccc2)NN1)C(=O)CCC(=O)c1ccc(Br)cc1. The number of ketones is 1. The summed E-state index contributed by atoms with van der Waals surface area (Å²) in [6, 6.07) is 18.4. The van der Waals surface area contributed by atoms with Crippen LogP contribution in [0.5, 0.6) is 0 Å². The fraction of sp³-hybridized carbons (Fsp3) is 0.391. The Morgan fingerprint density at radius 1 is 1.03 bits per heavy atom. The van der Waals surface area contributed by atoms with Gasteiger partial charge in [0.2, 0.25) is 5.91 Å². The molecule has 1 fully saturated rings. The van der Waals surface area contributed by atoms with Gasteiger partial charge in [-0.25, -0.2) is 0 Å². The first-order valence-corrected chi connectivity index (χ1v) is 10.9. The molecule has 1 heterocycles. The normalized spacial score (nSPS) is 18.6. The molecule has 1 saturated heterocycles. The largest absolute Gasteiger partial charge is 0.346 e. The number of carbonyl (C=O) groups excluding carboxylic acids is 2. The molecule has 0 aliphatic carbocycles. The van der Waals surface area contributed by atoms with Crippen molar-refractivity contribution >= 4 is 27.6 Å². The maximum absolute atomic E-state index is 12.3. The van der Waals surface area contributed by atoms with Crippen LogP contribution in [0.1, 0.15) is 54.1 Å². The molecule has 29 heavy (non-hydrogen) atoms. The monoisotopic (exact) mass is 457 g/mol. The summed E-state index contributed by atoms with van der Waals surface area (Å²) in [6.45, 7) is 0.708. The third-order valence-electron chi connectivity index (χ3n) is 5.39. The Morgan fingerprint density at radius 3 is 2.48 bits per heavy atom. The molecule has 2 aromatic carbocycles. The fourth-order valence-electron chi connectivity index (χ4n) is 3.61. The molecule has 0 saturated carbocycles. The highest BCUT2D eigenvalue weighted by atomic mass is 79.9. The molecule has 0 aromatic heterocycles. The molecule has 5 nitrogen and oxygen atoms in total. The lowest BCUT2D eigenvalue weighted by Gasteiger charge is -2.18. The molecule has 1 amide bonds. The minimum Gasteiger partial charge on any atom is -0.346 e. The Bertz CT molecular complexity index is 811. The van der Waals surface area contributed by atoms with E-state index in [1.54, 1.807) is 17.0 Å². The van der Waals surface area contributed by atoms with Gasteiger partial charge in [0.25, 0.3) is 0 Å². The number of carbonyl (C=O) groups is 2. The summed E-state index contributed by atoms with van der Waals surface area (Å²) in [7, 11) is 1.82. The zero-order chi connectivity index (χ0) is 20.6. The second-order valence-corrected chi connectivity index (χ2v) is 8.49. The molecule has 0 bridgehead atoms. The molecule has 1 aliphatic heterocycles. The molecule has 6 heteroatoms. The molecule has 1 aliphatic rings. The minimum atomic E-state index is 0.00688. The van der Waals surface area contributed by atoms with Crippen LogP contribution in [-0.4, -0.2) is 36.2 Å². The number of nitrogens with zero attached hydrogens (tertiary/aromatic N) is 1. The van der Waals surface area contributed by atoms with E-state index in [1.807, 2.05) is 25.2 Å². The molecule has 154 valence electrons. The van der Waals surface area contributed by atoms with E-state index in [-0.39, 0.29) is 24.5 Å². The van der Waals surface area contributed by atoms with E-state index in [1.165, 1.54) is 5.56 Å². The topological polar surface area (TPSA) is 61.4 Å². The molecule has 0 radical (unpaired) electrons. The number of halogens is 1. The second-order valence-electron chi connectivity index (χ2n) is 7.57. The van der Waals surface area contributed by atoms with E-state index in [2.05, 4.69) is 51.0 Å². The van der Waals surface area contributed by atoms with Gasteiger partial charge < -0.3 is 4.90 Å². The average Bonchev–Trinajstić information content (AvgIpc) is 3.21. The van der Waals surface area contributed by atoms with Crippen molar-refractivity contribution in [3.63, 3.8) is 0 Å². The zero-order valence-corrected chi connectivity index (χ0v) is 18.3. The third kappa shape index (κ3) is 6.49. The standard InChI is InChI=1S/C23H28BrN3O2/c1-27(23(29)14-13-22(28)18-9-11-19(24)12-10-18)15-5-8-20-16-21(26-25-20)17-6-3-2-4-7-17/h2-4,6-7,9-12,20-21,25-26H,5,8,13-16H2,1H3. The summed E-state index contributed by atoms with van der Waals surface area (Å²) in [5.74, 6) is 0.0302. The number of benzene rings is 2. The van der Waals surface area contributed by atoms with Crippen LogP contribution in [0.2, 0.25) is 0 Å². The van der Waals surface area contributed by atoms with Crippen molar-refractivity contribution in [3.05, 3.63) is 70.2 Å². The molecule has 3 rings (SSSR count). The van der Waals surface area contributed by atoms with Gasteiger partial charge in [-0.15, -0.1) is 0 Å². The van der Waals surface area contributed by atoms with Crippen LogP contribution >= 0.6 is 15.9 Å². The number of hydrogen-bond acceptors (Lipinski definition) is 4. The van der Waals surface area contributed by atoms with E-state index in [0.717, 1.165) is 23.7 Å². The highest BCUT2D eigenvalue weighted by molar-refractivity contribution is 9.10. The van der Waals surface area contributed by atoms with Gasteiger partial charge in [-0.3, -0.25) is 20.4 Å². The zero-order valence-electron chi connectivity index (χ0n) is 16.7. The van der Waals surface area contributed by atoms with Gasteiger partial charge >= 0.3 is 0 Å². The van der Waals surface area contributed by atoms with Crippen LogP contribution in [0.15, 0.2) is 59.1 Å². The Labute approximate surface area is 181 Å². The van der Waals surface area contributed by atoms with Crippen molar-refractivity contribution in [2.24, 2.45) is 0 Å². The number of hydrogen-bond donors (Lipinski definition) is 2. The predicted molar refractivity (Wildman–Crippen MR) is 118 cm³/mol. The number of rotatable bonds is 9. The molecule has 2 aromatic rings. The number of nitrogens with one attached hydrogen (secondary N) is 2. The van der Waals surface area contributed by atoms with Crippen molar-refractivity contribution in [1.29, 1.82) is 0 Å². The average molecular weight is 458 g/mol. The molecule has 0 spiro atoms. The molecule has 2 unspecified atom stereocenters. The highest BCUT2D eigenvalue weighted by Crippen LogP contribution is 2.23. The summed E-state index contributed by atoms with van der Waals surface area (Å²) in [4.78, 5) is 26.3. The highest BCUT2D eigenvalue weighted by Gasteiger charge is 2.24. The van der Waals surface area contributed by atoms with E-state index in [0.29, 0.717) is 24.2 Å². The van der Waals surface area contributed by atoms with E-state index >= 15 is 0 Å². The molecule has 2 N–H and O–H groups in total. The summed E-state index contributed by atoms with van der Waals surface area (Å²) in [5.41, 5.74) is 8.68. The lowest BCUT2D eigenvalue weighted by Crippen LogP contribution is -2.32. The maximum Gasteiger partial charge on any atom is 0.222 e. The molecular weight excluding hydrogens is 430 g/mol. The van der Waals surface area contributed by atoms with Gasteiger partial charge in [0.05, 0.1) is 0 Å². The van der Waals surface area contributed by atoms with Crippen molar-refractivity contribution in [3.8, 4) is 0 Å². The molecular formula is C23H28BrN3O2. The first-order chi connectivity index (χ1) is 14.0. The van der Waals surface area contributed by atoms with Gasteiger partial charge in [-0.05, 0) is 37.0 Å². The van der Waals surface area contributed by atoms with Gasteiger partial charge in [-0.2, -0.15) is 0 Å². The van der Waals surface area contributed by atoms with Gasteiger partial charge in [0, 0.05) is 48.6 Å². The van der Waals surface area contributed by atoms with Gasteiger partial charge in [-0.1, -0.05) is 58.4 Å². The van der Waals surface area contributed by atoms with Gasteiger partial charge in [0.15, 0.2) is 5.78 Å². The summed E-state index contributed by atoms with van der Waals surface area (Å²) >= 11 is 3.36. The van der Waals surface area contributed by atoms with Gasteiger partial charge in [0.1, 0.15) is 0 Å².